The van der Waals surface area contributed by atoms with Crippen LogP contribution in [0.4, 0.5) is 0 Å². The van der Waals surface area contributed by atoms with Gasteiger partial charge < -0.3 is 6.15 Å². The van der Waals surface area contributed by atoms with E-state index in [0.717, 1.165) is 0 Å². The van der Waals surface area contributed by atoms with E-state index in [2.05, 4.69) is 0 Å². The van der Waals surface area contributed by atoms with Crippen molar-refractivity contribution in [1.29, 1.82) is 0 Å². The van der Waals surface area contributed by atoms with Crippen molar-refractivity contribution in [3.8, 4) is 0 Å². The van der Waals surface area contributed by atoms with E-state index in [4.69, 9.17) is 0 Å². The summed E-state index contributed by atoms with van der Waals surface area (Å²) in [6.07, 6.45) is 0. The molecule has 0 saturated carbocycles. The van der Waals surface area contributed by atoms with E-state index in [1.54, 1.807) is 13.8 Å². The topological polar surface area (TPSA) is 78.1 Å². The molecule has 7 heavy (non-hydrogen) atoms. The van der Waals surface area contributed by atoms with E-state index in [1.165, 1.54) is 0 Å². The fourth-order valence-corrected chi connectivity index (χ4v) is 0. The van der Waals surface area contributed by atoms with Gasteiger partial charge in [-0.2, -0.15) is 0 Å². The van der Waals surface area contributed by atoms with E-state index in [1.807, 2.05) is 0 Å². The fraction of sp³-hybridized carbons (Fsp3) is 1.00. The van der Waals surface area contributed by atoms with Gasteiger partial charge in [0, 0.05) is 18.8 Å². The van der Waals surface area contributed by atoms with Gasteiger partial charge in [-0.1, -0.05) is 0 Å². The van der Waals surface area contributed by atoms with Crippen LogP contribution in [0, 0.1) is 10.1 Å². The van der Waals surface area contributed by atoms with Crippen LogP contribution in [0.1, 0.15) is 13.8 Å². The normalized spacial score (nSPS) is 7.86. The zero-order valence-electron chi connectivity index (χ0n) is 4.55. The third-order valence-electron chi connectivity index (χ3n) is 0.422. The summed E-state index contributed by atoms with van der Waals surface area (Å²) in [5.74, 6) is 0. The summed E-state index contributed by atoms with van der Waals surface area (Å²) in [6.45, 7) is 3.08. The van der Waals surface area contributed by atoms with Crippen LogP contribution in [0.3, 0.4) is 0 Å². The molecule has 0 amide bonds. The molecule has 3 N–H and O–H groups in total. The van der Waals surface area contributed by atoms with Crippen LogP contribution in [0.25, 0.3) is 0 Å². The first-order chi connectivity index (χ1) is 2.64. The van der Waals surface area contributed by atoms with E-state index < -0.39 is 6.04 Å². The van der Waals surface area contributed by atoms with Gasteiger partial charge in [0.15, 0.2) is 0 Å². The maximum Gasteiger partial charge on any atom is 0.207 e. The van der Waals surface area contributed by atoms with Gasteiger partial charge >= 0.3 is 0 Å². The van der Waals surface area contributed by atoms with E-state index >= 15 is 0 Å². The lowest BCUT2D eigenvalue weighted by molar-refractivity contribution is -0.513. The summed E-state index contributed by atoms with van der Waals surface area (Å²) in [6, 6.07) is -0.426. The van der Waals surface area contributed by atoms with Gasteiger partial charge in [-0.25, -0.2) is 0 Å². The minimum absolute atomic E-state index is 0. The number of hydrogen-bond donors (Lipinski definition) is 1. The van der Waals surface area contributed by atoms with Crippen LogP contribution >= 0.6 is 0 Å². The molecular weight excluding hydrogens is 96.0 g/mol. The lowest BCUT2D eigenvalue weighted by atomic mass is 10.4. The molecular formula is C3H10N2O2. The average Bonchev–Trinajstić information content (AvgIpc) is 1.36. The largest absolute Gasteiger partial charge is 0.344 e. The van der Waals surface area contributed by atoms with Crippen LogP contribution in [-0.4, -0.2) is 11.0 Å². The lowest BCUT2D eigenvalue weighted by Crippen LogP contribution is -2.08. The summed E-state index contributed by atoms with van der Waals surface area (Å²) < 4.78 is 0. The Morgan fingerprint density at radius 3 is 1.71 bits per heavy atom. The predicted octanol–water partition coefficient (Wildman–Crippen LogP) is 0.833. The Kier molecular flexibility index (Phi) is 4.87. The summed E-state index contributed by atoms with van der Waals surface area (Å²) in [4.78, 5) is 9.17. The Hall–Kier alpha value is -0.640. The predicted molar refractivity (Wildman–Crippen MR) is 27.2 cm³/mol. The molecule has 0 radical (unpaired) electrons. The Labute approximate surface area is 42.3 Å². The maximum absolute atomic E-state index is 9.50. The quantitative estimate of drug-likeness (QED) is 0.397. The molecule has 44 valence electrons. The van der Waals surface area contributed by atoms with Gasteiger partial charge in [0.05, 0.1) is 0 Å². The molecule has 0 saturated heterocycles. The monoisotopic (exact) mass is 106 g/mol. The summed E-state index contributed by atoms with van der Waals surface area (Å²) in [7, 11) is 0. The molecule has 0 aliphatic heterocycles. The highest BCUT2D eigenvalue weighted by molar-refractivity contribution is 4.28. The number of nitro groups is 1. The van der Waals surface area contributed by atoms with Crippen molar-refractivity contribution in [3.63, 3.8) is 0 Å². The minimum Gasteiger partial charge on any atom is -0.344 e. The fourth-order valence-electron chi connectivity index (χ4n) is 0. The van der Waals surface area contributed by atoms with E-state index in [-0.39, 0.29) is 11.1 Å². The first-order valence-corrected chi connectivity index (χ1v) is 1.78. The molecule has 0 aromatic carbocycles. The second kappa shape index (κ2) is 3.55. The number of rotatable bonds is 1. The molecule has 0 aliphatic rings. The Balaban J connectivity index is 0. The van der Waals surface area contributed by atoms with E-state index in [9.17, 15) is 10.1 Å². The minimum atomic E-state index is -0.426. The van der Waals surface area contributed by atoms with Crippen LogP contribution in [0.5, 0.6) is 0 Å². The van der Waals surface area contributed by atoms with Crippen molar-refractivity contribution < 1.29 is 4.92 Å². The van der Waals surface area contributed by atoms with Crippen molar-refractivity contribution in [2.45, 2.75) is 19.9 Å². The standard InChI is InChI=1S/C3H7NO2.H3N/c1-3(2)4(5)6;/h3H,1-2H3;1H3. The molecule has 0 unspecified atom stereocenters. The van der Waals surface area contributed by atoms with Gasteiger partial charge in [0.2, 0.25) is 6.04 Å². The molecule has 0 fully saturated rings. The van der Waals surface area contributed by atoms with E-state index in [0.29, 0.717) is 0 Å². The molecule has 0 aliphatic carbocycles. The van der Waals surface area contributed by atoms with Gasteiger partial charge in [-0.15, -0.1) is 0 Å². The van der Waals surface area contributed by atoms with Crippen molar-refractivity contribution in [3.05, 3.63) is 10.1 Å². The third-order valence-corrected chi connectivity index (χ3v) is 0.422. The highest BCUT2D eigenvalue weighted by Crippen LogP contribution is 1.79. The Bertz CT molecular complexity index is 62.0. The zero-order valence-corrected chi connectivity index (χ0v) is 4.55. The lowest BCUT2D eigenvalue weighted by Gasteiger charge is -1.88. The van der Waals surface area contributed by atoms with Crippen molar-refractivity contribution in [2.24, 2.45) is 0 Å². The first kappa shape index (κ1) is 9.61. The average molecular weight is 106 g/mol. The third kappa shape index (κ3) is 5.36. The molecule has 0 atom stereocenters. The van der Waals surface area contributed by atoms with Crippen molar-refractivity contribution in [2.75, 3.05) is 0 Å². The summed E-state index contributed by atoms with van der Waals surface area (Å²) in [5.41, 5.74) is 0. The number of nitrogens with zero attached hydrogens (tertiary/aromatic N) is 1. The molecule has 0 aromatic rings. The van der Waals surface area contributed by atoms with Gasteiger partial charge in [-0.3, -0.25) is 10.1 Å². The Morgan fingerprint density at radius 2 is 1.71 bits per heavy atom. The van der Waals surface area contributed by atoms with Gasteiger partial charge in [0.1, 0.15) is 0 Å². The van der Waals surface area contributed by atoms with Crippen LogP contribution in [0.2, 0.25) is 0 Å². The smallest absolute Gasteiger partial charge is 0.207 e. The first-order valence-electron chi connectivity index (χ1n) is 1.78. The molecule has 0 aromatic heterocycles. The Morgan fingerprint density at radius 1 is 1.57 bits per heavy atom. The van der Waals surface area contributed by atoms with Crippen molar-refractivity contribution in [1.82, 2.24) is 6.15 Å². The summed E-state index contributed by atoms with van der Waals surface area (Å²) >= 11 is 0. The van der Waals surface area contributed by atoms with Gasteiger partial charge in [0.25, 0.3) is 0 Å². The second-order valence-corrected chi connectivity index (χ2v) is 1.38. The van der Waals surface area contributed by atoms with Crippen LogP contribution in [-0.2, 0) is 0 Å². The van der Waals surface area contributed by atoms with Gasteiger partial charge in [-0.05, 0) is 0 Å². The second-order valence-electron chi connectivity index (χ2n) is 1.38. The molecule has 0 spiro atoms. The SMILES string of the molecule is CC(C)[N+](=O)[O-].N. The van der Waals surface area contributed by atoms with Crippen molar-refractivity contribution >= 4 is 0 Å². The maximum atomic E-state index is 9.50. The molecule has 0 bridgehead atoms. The number of hydrogen-bond acceptors (Lipinski definition) is 3. The molecule has 0 heterocycles. The molecule has 0 rings (SSSR count). The van der Waals surface area contributed by atoms with Crippen LogP contribution < -0.4 is 6.15 Å². The molecule has 4 heteroatoms. The summed E-state index contributed by atoms with van der Waals surface area (Å²) in [5, 5.41) is 9.50. The highest BCUT2D eigenvalue weighted by atomic mass is 16.6. The van der Waals surface area contributed by atoms with Crippen LogP contribution in [0.15, 0.2) is 0 Å². The molecule has 4 nitrogen and oxygen atoms in total. The highest BCUT2D eigenvalue weighted by Gasteiger charge is 1.99. The zero-order chi connectivity index (χ0) is 5.15.